The first kappa shape index (κ1) is 28.0. The Bertz CT molecular complexity index is 685. The van der Waals surface area contributed by atoms with Gasteiger partial charge in [0.15, 0.2) is 0 Å². The highest BCUT2D eigenvalue weighted by molar-refractivity contribution is 7.86. The minimum absolute atomic E-state index is 0.289. The fraction of sp³-hybridized carbons (Fsp3) is 0.769. The molecule has 180 valence electrons. The predicted molar refractivity (Wildman–Crippen MR) is 132 cm³/mol. The van der Waals surface area contributed by atoms with Gasteiger partial charge in [-0.2, -0.15) is 8.42 Å². The zero-order valence-electron chi connectivity index (χ0n) is 20.2. The van der Waals surface area contributed by atoms with Crippen LogP contribution in [0.15, 0.2) is 18.2 Å². The van der Waals surface area contributed by atoms with Crippen molar-refractivity contribution in [2.75, 3.05) is 6.61 Å². The van der Waals surface area contributed by atoms with Gasteiger partial charge in [0.2, 0.25) is 0 Å². The fourth-order valence-electron chi connectivity index (χ4n) is 3.78. The van der Waals surface area contributed by atoms with E-state index in [9.17, 15) is 13.0 Å². The zero-order valence-corrected chi connectivity index (χ0v) is 21.0. The molecule has 0 spiro atoms. The van der Waals surface area contributed by atoms with E-state index in [4.69, 9.17) is 4.74 Å². The van der Waals surface area contributed by atoms with E-state index >= 15 is 0 Å². The molecule has 0 radical (unpaired) electrons. The SMILES string of the molecule is CCCCCCCCc1ccc(CCCCCCCC)c(OCCC(C)S(=O)(=O)O)c1. The van der Waals surface area contributed by atoms with Crippen molar-refractivity contribution in [1.29, 1.82) is 0 Å². The standard InChI is InChI=1S/C26H46O4S/c1-4-6-8-10-12-14-16-24-18-19-25(17-15-13-11-9-7-5-2)26(22-24)30-21-20-23(3)31(27,28)29/h18-19,22-23H,4-17,20-21H2,1-3H3,(H,27,28,29). The minimum Gasteiger partial charge on any atom is -0.493 e. The average molecular weight is 455 g/mol. The van der Waals surface area contributed by atoms with E-state index in [2.05, 4.69) is 32.0 Å². The summed E-state index contributed by atoms with van der Waals surface area (Å²) in [5.41, 5.74) is 2.50. The second-order valence-electron chi connectivity index (χ2n) is 8.94. The lowest BCUT2D eigenvalue weighted by Gasteiger charge is -2.15. The van der Waals surface area contributed by atoms with Gasteiger partial charge in [-0.1, -0.05) is 90.2 Å². The number of aryl methyl sites for hydroxylation is 2. The van der Waals surface area contributed by atoms with Crippen LogP contribution in [0.3, 0.4) is 0 Å². The molecule has 5 heteroatoms. The van der Waals surface area contributed by atoms with Crippen LogP contribution in [0.25, 0.3) is 0 Å². The normalized spacial score (nSPS) is 12.8. The summed E-state index contributed by atoms with van der Waals surface area (Å²) in [5.74, 6) is 0.888. The van der Waals surface area contributed by atoms with E-state index < -0.39 is 15.4 Å². The Labute approximate surface area is 191 Å². The van der Waals surface area contributed by atoms with Crippen LogP contribution in [0.5, 0.6) is 5.75 Å². The summed E-state index contributed by atoms with van der Waals surface area (Å²) >= 11 is 0. The maximum Gasteiger partial charge on any atom is 0.267 e. The van der Waals surface area contributed by atoms with E-state index in [1.165, 1.54) is 88.7 Å². The highest BCUT2D eigenvalue weighted by atomic mass is 32.2. The molecular weight excluding hydrogens is 408 g/mol. The van der Waals surface area contributed by atoms with Crippen LogP contribution in [0.4, 0.5) is 0 Å². The Morgan fingerprint density at radius 2 is 1.39 bits per heavy atom. The van der Waals surface area contributed by atoms with Crippen LogP contribution in [-0.2, 0) is 23.0 Å². The van der Waals surface area contributed by atoms with Crippen LogP contribution >= 0.6 is 0 Å². The van der Waals surface area contributed by atoms with Crippen molar-refractivity contribution in [1.82, 2.24) is 0 Å². The van der Waals surface area contributed by atoms with Crippen molar-refractivity contribution >= 4 is 10.1 Å². The molecule has 31 heavy (non-hydrogen) atoms. The van der Waals surface area contributed by atoms with Crippen LogP contribution in [0, 0.1) is 0 Å². The lowest BCUT2D eigenvalue weighted by molar-refractivity contribution is 0.303. The Hall–Kier alpha value is -1.07. The van der Waals surface area contributed by atoms with E-state index in [0.717, 1.165) is 25.0 Å². The molecule has 0 saturated heterocycles. The molecule has 4 nitrogen and oxygen atoms in total. The number of hydrogen-bond acceptors (Lipinski definition) is 3. The lowest BCUT2D eigenvalue weighted by atomic mass is 10.00. The van der Waals surface area contributed by atoms with Crippen molar-refractivity contribution in [3.63, 3.8) is 0 Å². The van der Waals surface area contributed by atoms with Gasteiger partial charge in [0.1, 0.15) is 5.75 Å². The number of ether oxygens (including phenoxy) is 1. The van der Waals surface area contributed by atoms with Crippen LogP contribution in [0.1, 0.15) is 115 Å². The monoisotopic (exact) mass is 454 g/mol. The highest BCUT2D eigenvalue weighted by Crippen LogP contribution is 2.25. The van der Waals surface area contributed by atoms with Gasteiger partial charge in [0.25, 0.3) is 10.1 Å². The largest absolute Gasteiger partial charge is 0.493 e. The second-order valence-corrected chi connectivity index (χ2v) is 10.8. The molecule has 0 aliphatic carbocycles. The van der Waals surface area contributed by atoms with Crippen LogP contribution < -0.4 is 4.74 Å². The Morgan fingerprint density at radius 1 is 0.839 bits per heavy atom. The van der Waals surface area contributed by atoms with Gasteiger partial charge in [-0.25, -0.2) is 0 Å². The van der Waals surface area contributed by atoms with Crippen molar-refractivity contribution in [3.05, 3.63) is 29.3 Å². The minimum atomic E-state index is -4.00. The predicted octanol–water partition coefficient (Wildman–Crippen LogP) is 7.54. The van der Waals surface area contributed by atoms with Gasteiger partial charge in [-0.05, 0) is 49.8 Å². The molecule has 0 saturated carbocycles. The van der Waals surface area contributed by atoms with Crippen molar-refractivity contribution in [3.8, 4) is 5.75 Å². The molecule has 0 heterocycles. The molecule has 0 aliphatic heterocycles. The Kier molecular flexibility index (Phi) is 14.9. The van der Waals surface area contributed by atoms with E-state index in [-0.39, 0.29) is 6.42 Å². The first-order chi connectivity index (χ1) is 14.9. The van der Waals surface area contributed by atoms with Crippen molar-refractivity contribution < 1.29 is 17.7 Å². The molecule has 0 aromatic heterocycles. The molecule has 1 atom stereocenters. The third-order valence-electron chi connectivity index (χ3n) is 6.04. The van der Waals surface area contributed by atoms with Crippen molar-refractivity contribution in [2.24, 2.45) is 0 Å². The van der Waals surface area contributed by atoms with Gasteiger partial charge < -0.3 is 4.74 Å². The summed E-state index contributed by atoms with van der Waals surface area (Å²) < 4.78 is 37.7. The summed E-state index contributed by atoms with van der Waals surface area (Å²) in [6.07, 6.45) is 17.6. The van der Waals surface area contributed by atoms with Gasteiger partial charge >= 0.3 is 0 Å². The maximum atomic E-state index is 11.3. The molecule has 1 aromatic carbocycles. The quantitative estimate of drug-likeness (QED) is 0.173. The molecule has 0 fully saturated rings. The Balaban J connectivity index is 2.62. The van der Waals surface area contributed by atoms with Gasteiger partial charge in [-0.15, -0.1) is 0 Å². The Morgan fingerprint density at radius 3 is 1.97 bits per heavy atom. The highest BCUT2D eigenvalue weighted by Gasteiger charge is 2.17. The summed E-state index contributed by atoms with van der Waals surface area (Å²) in [4.78, 5) is 0. The smallest absolute Gasteiger partial charge is 0.267 e. The number of hydrogen-bond donors (Lipinski definition) is 1. The van der Waals surface area contributed by atoms with Gasteiger partial charge in [-0.3, -0.25) is 4.55 Å². The second kappa shape index (κ2) is 16.5. The molecule has 1 rings (SSSR count). The maximum absolute atomic E-state index is 11.3. The average Bonchev–Trinajstić information content (AvgIpc) is 2.73. The molecule has 1 aromatic rings. The summed E-state index contributed by atoms with van der Waals surface area (Å²) in [6.45, 7) is 6.29. The summed E-state index contributed by atoms with van der Waals surface area (Å²) in [6, 6.07) is 6.57. The van der Waals surface area contributed by atoms with E-state index in [1.807, 2.05) is 0 Å². The van der Waals surface area contributed by atoms with E-state index in [1.54, 1.807) is 0 Å². The molecule has 0 aliphatic rings. The molecule has 1 unspecified atom stereocenters. The summed E-state index contributed by atoms with van der Waals surface area (Å²) in [5, 5.41) is -0.805. The van der Waals surface area contributed by atoms with Gasteiger partial charge in [0.05, 0.1) is 11.9 Å². The third-order valence-corrected chi connectivity index (χ3v) is 7.29. The van der Waals surface area contributed by atoms with Crippen LogP contribution in [-0.4, -0.2) is 24.8 Å². The van der Waals surface area contributed by atoms with Crippen LogP contribution in [0.2, 0.25) is 0 Å². The zero-order chi connectivity index (χ0) is 23.0. The third kappa shape index (κ3) is 13.2. The first-order valence-corrected chi connectivity index (χ1v) is 14.1. The molecule has 0 bridgehead atoms. The fourth-order valence-corrected chi connectivity index (χ4v) is 4.18. The summed E-state index contributed by atoms with van der Waals surface area (Å²) in [7, 11) is -4.00. The number of unbranched alkanes of at least 4 members (excludes halogenated alkanes) is 10. The molecule has 0 amide bonds. The topological polar surface area (TPSA) is 63.6 Å². The molecule has 1 N–H and O–H groups in total. The van der Waals surface area contributed by atoms with Crippen molar-refractivity contribution in [2.45, 2.75) is 122 Å². The number of rotatable bonds is 19. The number of benzene rings is 1. The molecular formula is C26H46O4S. The first-order valence-electron chi connectivity index (χ1n) is 12.6. The van der Waals surface area contributed by atoms with E-state index in [0.29, 0.717) is 6.61 Å². The lowest BCUT2D eigenvalue weighted by Crippen LogP contribution is -2.19. The van der Waals surface area contributed by atoms with Gasteiger partial charge in [0, 0.05) is 6.42 Å².